The van der Waals surface area contributed by atoms with Crippen LogP contribution >= 0.6 is 23.2 Å². The van der Waals surface area contributed by atoms with Crippen LogP contribution in [0.5, 0.6) is 0 Å². The van der Waals surface area contributed by atoms with Gasteiger partial charge in [0.2, 0.25) is 0 Å². The second-order valence-corrected chi connectivity index (χ2v) is 4.92. The van der Waals surface area contributed by atoms with E-state index < -0.39 is 0 Å². The van der Waals surface area contributed by atoms with Crippen LogP contribution in [0, 0.1) is 6.92 Å². The Kier molecular flexibility index (Phi) is 3.79. The average Bonchev–Trinajstić information content (AvgIpc) is 2.33. The van der Waals surface area contributed by atoms with Gasteiger partial charge in [-0.15, -0.1) is 0 Å². The number of hydrogen-bond acceptors (Lipinski definition) is 1. The first-order chi connectivity index (χ1) is 8.54. The lowest BCUT2D eigenvalue weighted by atomic mass is 10.0. The quantitative estimate of drug-likeness (QED) is 0.811. The minimum absolute atomic E-state index is 0.161. The monoisotopic (exact) mass is 281 g/mol. The zero-order valence-corrected chi connectivity index (χ0v) is 11.7. The Bertz CT molecular complexity index is 647. The number of aryl methyl sites for hydroxylation is 1. The molecule has 0 aliphatic heterocycles. The maximum atomic E-state index is 12.0. The van der Waals surface area contributed by atoms with Gasteiger partial charge in [0.25, 0.3) is 5.56 Å². The fourth-order valence-corrected chi connectivity index (χ4v) is 2.41. The fraction of sp³-hybridized carbons (Fsp3) is 0.214. The lowest BCUT2D eigenvalue weighted by Crippen LogP contribution is -2.21. The highest BCUT2D eigenvalue weighted by molar-refractivity contribution is 6.31. The highest BCUT2D eigenvalue weighted by Gasteiger charge is 2.10. The van der Waals surface area contributed by atoms with Crippen LogP contribution in [0.15, 0.2) is 35.1 Å². The number of nitrogens with zero attached hydrogens (tertiary/aromatic N) is 1. The molecule has 1 heterocycles. The number of pyridine rings is 1. The van der Waals surface area contributed by atoms with Gasteiger partial charge in [-0.2, -0.15) is 0 Å². The van der Waals surface area contributed by atoms with E-state index in [1.54, 1.807) is 10.6 Å². The van der Waals surface area contributed by atoms with Crippen LogP contribution in [0.4, 0.5) is 0 Å². The molecule has 2 aromatic rings. The summed E-state index contributed by atoms with van der Waals surface area (Å²) in [7, 11) is 0. The Morgan fingerprint density at radius 2 is 1.89 bits per heavy atom. The summed E-state index contributed by atoms with van der Waals surface area (Å²) in [6.07, 6.45) is 0. The van der Waals surface area contributed by atoms with Crippen molar-refractivity contribution >= 4 is 23.2 Å². The molecular weight excluding hydrogens is 269 g/mol. The molecular formula is C14H13Cl2NO. The van der Waals surface area contributed by atoms with Gasteiger partial charge in [-0.1, -0.05) is 29.3 Å². The molecule has 94 valence electrons. The number of rotatable bonds is 2. The molecule has 0 spiro atoms. The zero-order valence-electron chi connectivity index (χ0n) is 10.2. The molecule has 0 radical (unpaired) electrons. The van der Waals surface area contributed by atoms with Crippen molar-refractivity contribution in [3.63, 3.8) is 0 Å². The summed E-state index contributed by atoms with van der Waals surface area (Å²) >= 11 is 11.8. The predicted octanol–water partition coefficient (Wildman–Crippen LogP) is 4.15. The molecule has 0 N–H and O–H groups in total. The number of halogens is 2. The summed E-state index contributed by atoms with van der Waals surface area (Å²) in [5, 5.41) is 0.933. The van der Waals surface area contributed by atoms with Crippen LogP contribution in [-0.4, -0.2) is 4.57 Å². The Morgan fingerprint density at radius 3 is 2.50 bits per heavy atom. The molecule has 0 unspecified atom stereocenters. The van der Waals surface area contributed by atoms with E-state index >= 15 is 0 Å². The topological polar surface area (TPSA) is 22.0 Å². The van der Waals surface area contributed by atoms with Gasteiger partial charge in [0.05, 0.1) is 5.69 Å². The molecule has 1 aromatic heterocycles. The molecule has 0 fully saturated rings. The smallest absolute Gasteiger partial charge is 0.269 e. The molecule has 2 rings (SSSR count). The summed E-state index contributed by atoms with van der Waals surface area (Å²) in [4.78, 5) is 12.0. The molecule has 0 aliphatic rings. The van der Waals surface area contributed by atoms with E-state index in [-0.39, 0.29) is 10.6 Å². The summed E-state index contributed by atoms with van der Waals surface area (Å²) in [6, 6.07) is 9.13. The highest BCUT2D eigenvalue weighted by atomic mass is 35.5. The highest BCUT2D eigenvalue weighted by Crippen LogP contribution is 2.25. The lowest BCUT2D eigenvalue weighted by Gasteiger charge is -2.13. The molecule has 0 bridgehead atoms. The average molecular weight is 282 g/mol. The predicted molar refractivity (Wildman–Crippen MR) is 76.6 cm³/mol. The van der Waals surface area contributed by atoms with E-state index in [2.05, 4.69) is 0 Å². The zero-order chi connectivity index (χ0) is 13.3. The van der Waals surface area contributed by atoms with Gasteiger partial charge in [0.15, 0.2) is 0 Å². The minimum atomic E-state index is -0.161. The van der Waals surface area contributed by atoms with Crippen molar-refractivity contribution in [1.29, 1.82) is 0 Å². The fourth-order valence-electron chi connectivity index (χ4n) is 2.02. The van der Waals surface area contributed by atoms with E-state index in [0.29, 0.717) is 11.6 Å². The molecule has 0 aliphatic carbocycles. The van der Waals surface area contributed by atoms with Crippen molar-refractivity contribution in [3.05, 3.63) is 56.3 Å². The van der Waals surface area contributed by atoms with Gasteiger partial charge in [0, 0.05) is 17.1 Å². The van der Waals surface area contributed by atoms with Gasteiger partial charge in [-0.05, 0) is 43.7 Å². The van der Waals surface area contributed by atoms with Gasteiger partial charge in [-0.3, -0.25) is 4.79 Å². The Hall–Kier alpha value is -1.25. The second-order valence-electron chi connectivity index (χ2n) is 4.08. The molecule has 0 amide bonds. The van der Waals surface area contributed by atoms with Crippen LogP contribution in [0.1, 0.15) is 12.5 Å². The Balaban J connectivity index is 2.71. The molecule has 18 heavy (non-hydrogen) atoms. The molecule has 4 heteroatoms. The summed E-state index contributed by atoms with van der Waals surface area (Å²) in [6.45, 7) is 4.48. The Morgan fingerprint density at radius 1 is 1.17 bits per heavy atom. The lowest BCUT2D eigenvalue weighted by molar-refractivity contribution is 0.735. The van der Waals surface area contributed by atoms with Gasteiger partial charge in [-0.25, -0.2) is 0 Å². The summed E-state index contributed by atoms with van der Waals surface area (Å²) < 4.78 is 1.67. The second kappa shape index (κ2) is 5.17. The van der Waals surface area contributed by atoms with E-state index in [9.17, 15) is 4.79 Å². The third kappa shape index (κ3) is 2.31. The number of hydrogen-bond donors (Lipinski definition) is 0. The normalized spacial score (nSPS) is 10.7. The number of benzene rings is 1. The van der Waals surface area contributed by atoms with Crippen LogP contribution in [0.3, 0.4) is 0 Å². The third-order valence-corrected chi connectivity index (χ3v) is 3.43. The molecule has 0 saturated heterocycles. The summed E-state index contributed by atoms with van der Waals surface area (Å²) in [5.41, 5.74) is 2.73. The van der Waals surface area contributed by atoms with Crippen LogP contribution in [-0.2, 0) is 6.54 Å². The molecule has 0 atom stereocenters. The first kappa shape index (κ1) is 13.2. The minimum Gasteiger partial charge on any atom is -0.307 e. The largest absolute Gasteiger partial charge is 0.307 e. The Labute approximate surface area is 116 Å². The number of aromatic nitrogens is 1. The third-order valence-electron chi connectivity index (χ3n) is 2.91. The van der Waals surface area contributed by atoms with Gasteiger partial charge >= 0.3 is 0 Å². The SMILES string of the molecule is CCn1c(-c2ccc(Cl)cc2C)ccc(Cl)c1=O. The molecule has 1 aromatic carbocycles. The van der Waals surface area contributed by atoms with Gasteiger partial charge in [0.1, 0.15) is 5.02 Å². The maximum absolute atomic E-state index is 12.0. The van der Waals surface area contributed by atoms with Crippen molar-refractivity contribution in [1.82, 2.24) is 4.57 Å². The molecule has 0 saturated carbocycles. The van der Waals surface area contributed by atoms with Crippen molar-refractivity contribution in [2.75, 3.05) is 0 Å². The van der Waals surface area contributed by atoms with Crippen molar-refractivity contribution in [2.45, 2.75) is 20.4 Å². The standard InChI is InChI=1S/C14H13Cl2NO/c1-3-17-13(7-6-12(16)14(17)18)11-5-4-10(15)8-9(11)2/h4-8H,3H2,1-2H3. The first-order valence-electron chi connectivity index (χ1n) is 5.70. The maximum Gasteiger partial charge on any atom is 0.269 e. The van der Waals surface area contributed by atoms with Crippen LogP contribution < -0.4 is 5.56 Å². The van der Waals surface area contributed by atoms with E-state index in [1.165, 1.54) is 0 Å². The van der Waals surface area contributed by atoms with E-state index in [1.807, 2.05) is 38.1 Å². The van der Waals surface area contributed by atoms with Crippen LogP contribution in [0.2, 0.25) is 10.0 Å². The van der Waals surface area contributed by atoms with E-state index in [4.69, 9.17) is 23.2 Å². The van der Waals surface area contributed by atoms with Crippen molar-refractivity contribution in [3.8, 4) is 11.3 Å². The van der Waals surface area contributed by atoms with Crippen LogP contribution in [0.25, 0.3) is 11.3 Å². The van der Waals surface area contributed by atoms with Crippen molar-refractivity contribution in [2.24, 2.45) is 0 Å². The summed E-state index contributed by atoms with van der Waals surface area (Å²) in [5.74, 6) is 0. The van der Waals surface area contributed by atoms with Crippen molar-refractivity contribution < 1.29 is 0 Å². The first-order valence-corrected chi connectivity index (χ1v) is 6.46. The van der Waals surface area contributed by atoms with Gasteiger partial charge < -0.3 is 4.57 Å². The van der Waals surface area contributed by atoms with E-state index in [0.717, 1.165) is 16.8 Å². The molecule has 2 nitrogen and oxygen atoms in total.